The number of hydrogen-bond acceptors (Lipinski definition) is 1. The van der Waals surface area contributed by atoms with Crippen LogP contribution in [0.5, 0.6) is 0 Å². The lowest BCUT2D eigenvalue weighted by molar-refractivity contribution is 0.660. The number of hydrogen-bond donors (Lipinski definition) is 0. The van der Waals surface area contributed by atoms with Crippen LogP contribution in [0.3, 0.4) is 0 Å². The second kappa shape index (κ2) is 12.1. The molecule has 0 radical (unpaired) electrons. The van der Waals surface area contributed by atoms with E-state index in [9.17, 15) is 0 Å². The van der Waals surface area contributed by atoms with Crippen LogP contribution in [0.2, 0.25) is 0 Å². The molecular weight excluding hydrogens is 665 g/mol. The highest BCUT2D eigenvalue weighted by atomic mass is 15.1. The van der Waals surface area contributed by atoms with Crippen LogP contribution in [0.25, 0.3) is 71.3 Å². The van der Waals surface area contributed by atoms with Gasteiger partial charge in [0.1, 0.15) is 0 Å². The standard InChI is InChI=1S/C53H38N2/c1-53(2)48-33-41(28-30-44(48)45-31-29-42(34-49(45)53)55-51-19-9-7-17-46(51)47-18-8-10-20-52(47)55)54(50-21-11-15-37-13-5-6-16-43(37)50)40-26-24-36(25-27-40)39-23-22-35-12-3-4-14-38(35)32-39/h3-34H,1-2H3. The van der Waals surface area contributed by atoms with Gasteiger partial charge in [0.15, 0.2) is 0 Å². The Hall–Kier alpha value is -6.90. The fourth-order valence-corrected chi connectivity index (χ4v) is 9.19. The van der Waals surface area contributed by atoms with Crippen LogP contribution in [0.1, 0.15) is 25.0 Å². The quantitative estimate of drug-likeness (QED) is 0.173. The summed E-state index contributed by atoms with van der Waals surface area (Å²) in [7, 11) is 0. The third-order valence-electron chi connectivity index (χ3n) is 12.0. The summed E-state index contributed by atoms with van der Waals surface area (Å²) < 4.78 is 2.43. The smallest absolute Gasteiger partial charge is 0.0541 e. The van der Waals surface area contributed by atoms with Crippen LogP contribution in [0, 0.1) is 0 Å². The summed E-state index contributed by atoms with van der Waals surface area (Å²) in [6, 6.07) is 71.4. The van der Waals surface area contributed by atoms with Gasteiger partial charge in [0.05, 0.1) is 16.7 Å². The molecule has 2 nitrogen and oxygen atoms in total. The average Bonchev–Trinajstić information content (AvgIpc) is 3.69. The molecule has 0 spiro atoms. The van der Waals surface area contributed by atoms with Gasteiger partial charge in [0, 0.05) is 38.6 Å². The van der Waals surface area contributed by atoms with E-state index in [-0.39, 0.29) is 5.41 Å². The van der Waals surface area contributed by atoms with E-state index < -0.39 is 0 Å². The molecule has 0 aliphatic heterocycles. The molecule has 9 aromatic carbocycles. The van der Waals surface area contributed by atoms with Crippen molar-refractivity contribution in [2.24, 2.45) is 0 Å². The Kier molecular flexibility index (Phi) is 6.93. The maximum absolute atomic E-state index is 2.44. The number of benzene rings is 9. The lowest BCUT2D eigenvalue weighted by Crippen LogP contribution is -2.17. The predicted octanol–water partition coefficient (Wildman–Crippen LogP) is 14.5. The number of nitrogens with zero attached hydrogens (tertiary/aromatic N) is 2. The number of para-hydroxylation sites is 2. The number of aromatic nitrogens is 1. The Morgan fingerprint density at radius 2 is 0.964 bits per heavy atom. The highest BCUT2D eigenvalue weighted by Crippen LogP contribution is 2.52. The first kappa shape index (κ1) is 31.6. The van der Waals surface area contributed by atoms with Gasteiger partial charge in [-0.3, -0.25) is 0 Å². The third kappa shape index (κ3) is 4.88. The average molecular weight is 703 g/mol. The van der Waals surface area contributed by atoms with Crippen molar-refractivity contribution in [1.29, 1.82) is 0 Å². The molecule has 0 saturated heterocycles. The van der Waals surface area contributed by atoms with Crippen molar-refractivity contribution in [3.05, 3.63) is 205 Å². The lowest BCUT2D eigenvalue weighted by Gasteiger charge is -2.29. The molecular formula is C53H38N2. The van der Waals surface area contributed by atoms with Gasteiger partial charge in [-0.05, 0) is 110 Å². The zero-order valence-corrected chi connectivity index (χ0v) is 30.9. The second-order valence-corrected chi connectivity index (χ2v) is 15.4. The first-order chi connectivity index (χ1) is 27.0. The molecule has 1 heterocycles. The number of anilines is 3. The summed E-state index contributed by atoms with van der Waals surface area (Å²) in [4.78, 5) is 2.44. The molecule has 1 aliphatic rings. The first-order valence-corrected chi connectivity index (χ1v) is 19.2. The van der Waals surface area contributed by atoms with E-state index in [0.717, 1.165) is 11.4 Å². The van der Waals surface area contributed by atoms with Crippen molar-refractivity contribution in [1.82, 2.24) is 4.57 Å². The minimum Gasteiger partial charge on any atom is -0.310 e. The van der Waals surface area contributed by atoms with Crippen molar-refractivity contribution in [3.8, 4) is 27.9 Å². The van der Waals surface area contributed by atoms with Gasteiger partial charge in [0.2, 0.25) is 0 Å². The van der Waals surface area contributed by atoms with Gasteiger partial charge in [-0.2, -0.15) is 0 Å². The van der Waals surface area contributed by atoms with Gasteiger partial charge in [-0.1, -0.05) is 147 Å². The molecule has 0 bridgehead atoms. The molecule has 55 heavy (non-hydrogen) atoms. The minimum absolute atomic E-state index is 0.209. The van der Waals surface area contributed by atoms with Crippen LogP contribution in [0.4, 0.5) is 17.1 Å². The van der Waals surface area contributed by atoms with Crippen molar-refractivity contribution >= 4 is 60.4 Å². The predicted molar refractivity (Wildman–Crippen MR) is 233 cm³/mol. The molecule has 0 unspecified atom stereocenters. The van der Waals surface area contributed by atoms with E-state index in [1.54, 1.807) is 0 Å². The first-order valence-electron chi connectivity index (χ1n) is 19.2. The van der Waals surface area contributed by atoms with E-state index in [1.807, 2.05) is 0 Å². The topological polar surface area (TPSA) is 8.17 Å². The summed E-state index contributed by atoms with van der Waals surface area (Å²) in [5.41, 5.74) is 14.6. The van der Waals surface area contributed by atoms with Crippen molar-refractivity contribution in [3.63, 3.8) is 0 Å². The normalized spacial score (nSPS) is 13.1. The van der Waals surface area contributed by atoms with Gasteiger partial charge < -0.3 is 9.47 Å². The molecule has 0 atom stereocenters. The second-order valence-electron chi connectivity index (χ2n) is 15.4. The lowest BCUT2D eigenvalue weighted by atomic mass is 9.82. The Morgan fingerprint density at radius 3 is 1.71 bits per heavy atom. The molecule has 0 amide bonds. The fraction of sp³-hybridized carbons (Fsp3) is 0.0566. The number of rotatable bonds is 5. The molecule has 2 heteroatoms. The Labute approximate surface area is 321 Å². The van der Waals surface area contributed by atoms with Gasteiger partial charge >= 0.3 is 0 Å². The summed E-state index contributed by atoms with van der Waals surface area (Å²) in [5, 5.41) is 7.53. The van der Waals surface area contributed by atoms with Crippen molar-refractivity contribution in [2.75, 3.05) is 4.90 Å². The van der Waals surface area contributed by atoms with Crippen molar-refractivity contribution in [2.45, 2.75) is 19.3 Å². The molecule has 0 saturated carbocycles. The largest absolute Gasteiger partial charge is 0.310 e. The van der Waals surface area contributed by atoms with Crippen LogP contribution in [-0.4, -0.2) is 4.57 Å². The van der Waals surface area contributed by atoms with Crippen molar-refractivity contribution < 1.29 is 0 Å². The molecule has 260 valence electrons. The maximum atomic E-state index is 2.44. The fourth-order valence-electron chi connectivity index (χ4n) is 9.19. The summed E-state index contributed by atoms with van der Waals surface area (Å²) in [6.07, 6.45) is 0. The molecule has 0 fully saturated rings. The van der Waals surface area contributed by atoms with E-state index in [1.165, 1.54) is 88.1 Å². The third-order valence-corrected chi connectivity index (χ3v) is 12.0. The van der Waals surface area contributed by atoms with Crippen LogP contribution in [-0.2, 0) is 5.41 Å². The zero-order chi connectivity index (χ0) is 36.7. The summed E-state index contributed by atoms with van der Waals surface area (Å²) in [6.45, 7) is 4.77. The van der Waals surface area contributed by atoms with Crippen LogP contribution < -0.4 is 4.90 Å². The zero-order valence-electron chi connectivity index (χ0n) is 30.9. The Balaban J connectivity index is 1.04. The Morgan fingerprint density at radius 1 is 0.400 bits per heavy atom. The maximum Gasteiger partial charge on any atom is 0.0541 e. The summed E-state index contributed by atoms with van der Waals surface area (Å²) >= 11 is 0. The van der Waals surface area contributed by atoms with E-state index >= 15 is 0 Å². The molecule has 11 rings (SSSR count). The molecule has 0 N–H and O–H groups in total. The monoisotopic (exact) mass is 702 g/mol. The van der Waals surface area contributed by atoms with Crippen LogP contribution in [0.15, 0.2) is 194 Å². The molecule has 1 aliphatic carbocycles. The van der Waals surface area contributed by atoms with Crippen LogP contribution >= 0.6 is 0 Å². The van der Waals surface area contributed by atoms with E-state index in [0.29, 0.717) is 0 Å². The van der Waals surface area contributed by atoms with Gasteiger partial charge in [0.25, 0.3) is 0 Å². The SMILES string of the molecule is CC1(C)c2cc(N(c3ccc(-c4ccc5ccccc5c4)cc3)c3cccc4ccccc34)ccc2-c2ccc(-n3c4ccccc4c4ccccc43)cc21. The van der Waals surface area contributed by atoms with E-state index in [2.05, 4.69) is 217 Å². The number of fused-ring (bicyclic) bond motifs is 8. The molecule has 10 aromatic rings. The van der Waals surface area contributed by atoms with E-state index in [4.69, 9.17) is 0 Å². The van der Waals surface area contributed by atoms with Gasteiger partial charge in [-0.15, -0.1) is 0 Å². The highest BCUT2D eigenvalue weighted by molar-refractivity contribution is 6.09. The minimum atomic E-state index is -0.209. The highest BCUT2D eigenvalue weighted by Gasteiger charge is 2.36. The Bertz CT molecular complexity index is 3070. The summed E-state index contributed by atoms with van der Waals surface area (Å²) in [5.74, 6) is 0. The molecule has 1 aromatic heterocycles. The van der Waals surface area contributed by atoms with Gasteiger partial charge in [-0.25, -0.2) is 0 Å².